The minimum Gasteiger partial charge on any atom is -0.349 e. The highest BCUT2D eigenvalue weighted by Crippen LogP contribution is 2.31. The van der Waals surface area contributed by atoms with Gasteiger partial charge in [-0.1, -0.05) is 12.8 Å². The van der Waals surface area contributed by atoms with Crippen molar-refractivity contribution in [1.82, 2.24) is 26.1 Å². The third-order valence-electron chi connectivity index (χ3n) is 5.43. The number of benzene rings is 1. The lowest BCUT2D eigenvalue weighted by Crippen LogP contribution is -2.37. The molecule has 2 aliphatic rings. The summed E-state index contributed by atoms with van der Waals surface area (Å²) in [4.78, 5) is 19.8. The van der Waals surface area contributed by atoms with Gasteiger partial charge in [0.2, 0.25) is 5.91 Å². The van der Waals surface area contributed by atoms with Crippen molar-refractivity contribution in [3.8, 4) is 11.3 Å². The number of nitrogens with zero attached hydrogens (tertiary/aromatic N) is 1. The van der Waals surface area contributed by atoms with Crippen molar-refractivity contribution in [3.63, 3.8) is 0 Å². The predicted octanol–water partition coefficient (Wildman–Crippen LogP) is 2.26. The minimum absolute atomic E-state index is 0.0234. The van der Waals surface area contributed by atoms with Gasteiger partial charge in [0.25, 0.3) is 0 Å². The molecule has 2 fully saturated rings. The van der Waals surface area contributed by atoms with Gasteiger partial charge in [0.15, 0.2) is 0 Å². The van der Waals surface area contributed by atoms with Crippen LogP contribution in [0.15, 0.2) is 30.5 Å². The highest BCUT2D eigenvalue weighted by molar-refractivity contribution is 5.76. The molecular formula is C19H24FN5O. The summed E-state index contributed by atoms with van der Waals surface area (Å²) in [7, 11) is 0. The highest BCUT2D eigenvalue weighted by Gasteiger charge is 2.37. The van der Waals surface area contributed by atoms with Crippen LogP contribution in [-0.2, 0) is 11.3 Å². The predicted molar refractivity (Wildman–Crippen MR) is 96.3 cm³/mol. The van der Waals surface area contributed by atoms with Crippen LogP contribution in [-0.4, -0.2) is 28.0 Å². The average molecular weight is 357 g/mol. The van der Waals surface area contributed by atoms with E-state index in [0.717, 1.165) is 11.3 Å². The van der Waals surface area contributed by atoms with Crippen molar-refractivity contribution >= 4 is 5.91 Å². The molecule has 7 heteroatoms. The number of H-pyrrole nitrogens is 1. The van der Waals surface area contributed by atoms with Crippen LogP contribution in [0, 0.1) is 11.7 Å². The Balaban J connectivity index is 1.29. The molecule has 2 heterocycles. The summed E-state index contributed by atoms with van der Waals surface area (Å²) in [6, 6.07) is 6.93. The summed E-state index contributed by atoms with van der Waals surface area (Å²) in [5.41, 5.74) is 8.30. The molecule has 1 aliphatic carbocycles. The van der Waals surface area contributed by atoms with Crippen LogP contribution in [0.25, 0.3) is 11.3 Å². The lowest BCUT2D eigenvalue weighted by molar-refractivity contribution is -0.122. The Morgan fingerprint density at radius 3 is 2.85 bits per heavy atom. The third-order valence-corrected chi connectivity index (χ3v) is 5.43. The fourth-order valence-electron chi connectivity index (χ4n) is 4.03. The van der Waals surface area contributed by atoms with E-state index in [2.05, 4.69) is 26.1 Å². The van der Waals surface area contributed by atoms with Gasteiger partial charge >= 0.3 is 0 Å². The van der Waals surface area contributed by atoms with E-state index >= 15 is 0 Å². The van der Waals surface area contributed by atoms with Gasteiger partial charge in [0.05, 0.1) is 18.4 Å². The Morgan fingerprint density at radius 2 is 2.00 bits per heavy atom. The van der Waals surface area contributed by atoms with E-state index in [0.29, 0.717) is 30.7 Å². The second-order valence-electron chi connectivity index (χ2n) is 7.18. The standard InChI is InChI=1S/C19H24FN5O/c20-13-7-5-12(6-8-13)17-10-21-18(23-17)11-22-19(26)9-16-14-3-1-2-4-15(14)24-25-16/h5-8,10,14-16,24-25H,1-4,9,11H2,(H,21,23)(H,22,26). The van der Waals surface area contributed by atoms with Crippen LogP contribution in [0.5, 0.6) is 0 Å². The smallest absolute Gasteiger partial charge is 0.222 e. The zero-order valence-corrected chi connectivity index (χ0v) is 14.6. The van der Waals surface area contributed by atoms with Gasteiger partial charge in [-0.25, -0.2) is 9.37 Å². The molecule has 1 aromatic carbocycles. The molecule has 3 atom stereocenters. The molecule has 6 nitrogen and oxygen atoms in total. The number of rotatable bonds is 5. The number of halogens is 1. The molecule has 4 rings (SSSR count). The lowest BCUT2D eigenvalue weighted by atomic mass is 9.81. The van der Waals surface area contributed by atoms with Crippen LogP contribution in [0.2, 0.25) is 0 Å². The normalized spacial score (nSPS) is 25.0. The summed E-state index contributed by atoms with van der Waals surface area (Å²) in [5.74, 6) is 0.986. The first-order valence-corrected chi connectivity index (χ1v) is 9.26. The van der Waals surface area contributed by atoms with Crippen LogP contribution < -0.4 is 16.2 Å². The molecule has 1 aliphatic heterocycles. The van der Waals surface area contributed by atoms with Crippen LogP contribution in [0.4, 0.5) is 4.39 Å². The molecule has 2 aromatic rings. The van der Waals surface area contributed by atoms with E-state index in [4.69, 9.17) is 0 Å². The Hall–Kier alpha value is -2.25. The third kappa shape index (κ3) is 3.78. The van der Waals surface area contributed by atoms with Gasteiger partial charge in [-0.15, -0.1) is 0 Å². The van der Waals surface area contributed by atoms with Gasteiger partial charge in [-0.2, -0.15) is 0 Å². The summed E-state index contributed by atoms with van der Waals surface area (Å²) in [6.07, 6.45) is 7.06. The topological polar surface area (TPSA) is 81.8 Å². The number of amides is 1. The molecule has 4 N–H and O–H groups in total. The van der Waals surface area contributed by atoms with E-state index in [1.165, 1.54) is 37.8 Å². The molecular weight excluding hydrogens is 333 g/mol. The molecule has 0 spiro atoms. The summed E-state index contributed by atoms with van der Waals surface area (Å²) in [6.45, 7) is 0.355. The number of hydrogen-bond acceptors (Lipinski definition) is 4. The molecule has 1 saturated carbocycles. The first kappa shape index (κ1) is 17.2. The van der Waals surface area contributed by atoms with E-state index in [1.807, 2.05) is 0 Å². The van der Waals surface area contributed by atoms with Crippen LogP contribution in [0.1, 0.15) is 37.9 Å². The molecule has 1 amide bonds. The monoisotopic (exact) mass is 357 g/mol. The van der Waals surface area contributed by atoms with E-state index < -0.39 is 0 Å². The molecule has 1 saturated heterocycles. The fourth-order valence-corrected chi connectivity index (χ4v) is 4.03. The Labute approximate surface area is 152 Å². The number of carbonyl (C=O) groups is 1. The first-order valence-electron chi connectivity index (χ1n) is 9.26. The van der Waals surface area contributed by atoms with Gasteiger partial charge in [-0.3, -0.25) is 15.6 Å². The molecule has 138 valence electrons. The zero-order chi connectivity index (χ0) is 17.9. The average Bonchev–Trinajstić information content (AvgIpc) is 3.28. The maximum absolute atomic E-state index is 13.0. The Morgan fingerprint density at radius 1 is 1.19 bits per heavy atom. The first-order chi connectivity index (χ1) is 12.7. The maximum Gasteiger partial charge on any atom is 0.222 e. The van der Waals surface area contributed by atoms with E-state index in [-0.39, 0.29) is 17.8 Å². The van der Waals surface area contributed by atoms with Gasteiger partial charge < -0.3 is 10.3 Å². The second-order valence-corrected chi connectivity index (χ2v) is 7.18. The number of aromatic nitrogens is 2. The molecule has 3 unspecified atom stereocenters. The SMILES string of the molecule is O=C(CC1NNC2CCCCC21)NCc1ncc(-c2ccc(F)cc2)[nH]1. The zero-order valence-electron chi connectivity index (χ0n) is 14.6. The van der Waals surface area contributed by atoms with Crippen molar-refractivity contribution in [2.24, 2.45) is 5.92 Å². The van der Waals surface area contributed by atoms with Crippen LogP contribution >= 0.6 is 0 Å². The fraction of sp³-hybridized carbons (Fsp3) is 0.474. The van der Waals surface area contributed by atoms with Gasteiger partial charge in [-0.05, 0) is 48.6 Å². The number of fused-ring (bicyclic) bond motifs is 1. The van der Waals surface area contributed by atoms with E-state index in [1.54, 1.807) is 18.3 Å². The Kier molecular flexibility index (Phi) is 4.99. The maximum atomic E-state index is 13.0. The largest absolute Gasteiger partial charge is 0.349 e. The Bertz CT molecular complexity index is 760. The minimum atomic E-state index is -0.268. The number of imidazole rings is 1. The highest BCUT2D eigenvalue weighted by atomic mass is 19.1. The summed E-state index contributed by atoms with van der Waals surface area (Å²) >= 11 is 0. The number of hydrazine groups is 1. The molecule has 1 aromatic heterocycles. The quantitative estimate of drug-likeness (QED) is 0.662. The molecule has 0 radical (unpaired) electrons. The summed E-state index contributed by atoms with van der Waals surface area (Å²) in [5, 5.41) is 2.93. The second kappa shape index (κ2) is 7.55. The van der Waals surface area contributed by atoms with Gasteiger partial charge in [0.1, 0.15) is 11.6 Å². The number of aromatic amines is 1. The van der Waals surface area contributed by atoms with E-state index in [9.17, 15) is 9.18 Å². The van der Waals surface area contributed by atoms with Crippen molar-refractivity contribution in [3.05, 3.63) is 42.1 Å². The number of carbonyl (C=O) groups excluding carboxylic acids is 1. The summed E-state index contributed by atoms with van der Waals surface area (Å²) < 4.78 is 13.0. The van der Waals surface area contributed by atoms with Crippen molar-refractivity contribution in [2.75, 3.05) is 0 Å². The van der Waals surface area contributed by atoms with Crippen molar-refractivity contribution < 1.29 is 9.18 Å². The van der Waals surface area contributed by atoms with Crippen LogP contribution in [0.3, 0.4) is 0 Å². The number of nitrogens with one attached hydrogen (secondary N) is 4. The lowest BCUT2D eigenvalue weighted by Gasteiger charge is -2.26. The van der Waals surface area contributed by atoms with Crippen molar-refractivity contribution in [2.45, 2.75) is 50.7 Å². The number of hydrogen-bond donors (Lipinski definition) is 4. The van der Waals surface area contributed by atoms with Crippen molar-refractivity contribution in [1.29, 1.82) is 0 Å². The molecule has 26 heavy (non-hydrogen) atoms. The molecule has 0 bridgehead atoms. The van der Waals surface area contributed by atoms with Gasteiger partial charge in [0, 0.05) is 18.5 Å².